The number of rotatable bonds is 10. The summed E-state index contributed by atoms with van der Waals surface area (Å²) in [7, 11) is -0.985. The maximum Gasteiger partial charge on any atom is 0.00138 e. The van der Waals surface area contributed by atoms with Crippen molar-refractivity contribution in [3.63, 3.8) is 0 Å². The zero-order chi connectivity index (χ0) is 42.1. The summed E-state index contributed by atoms with van der Waals surface area (Å²) in [5.74, 6) is 0. The lowest BCUT2D eigenvalue weighted by Gasteiger charge is -2.23. The number of hydrogen-bond donors (Lipinski definition) is 0. The third-order valence-corrected chi connectivity index (χ3v) is 16.8. The van der Waals surface area contributed by atoms with Crippen LogP contribution in [0.4, 0.5) is 0 Å². The van der Waals surface area contributed by atoms with Gasteiger partial charge in [0.15, 0.2) is 0 Å². The van der Waals surface area contributed by atoms with Gasteiger partial charge < -0.3 is 0 Å². The highest BCUT2D eigenvalue weighted by molar-refractivity contribution is 7.72. The van der Waals surface area contributed by atoms with Crippen LogP contribution in [-0.4, -0.2) is 0 Å². The molecular formula is C60H50P2. The summed E-state index contributed by atoms with van der Waals surface area (Å²) >= 11 is 0. The Labute approximate surface area is 370 Å². The Kier molecular flexibility index (Phi) is 12.9. The maximum absolute atomic E-state index is 2.38. The van der Waals surface area contributed by atoms with Crippen LogP contribution in [0.3, 0.4) is 0 Å². The Morgan fingerprint density at radius 3 is 1.18 bits per heavy atom. The van der Waals surface area contributed by atoms with E-state index in [9.17, 15) is 0 Å². The lowest BCUT2D eigenvalue weighted by Crippen LogP contribution is -2.13. The molecule has 2 heteroatoms. The van der Waals surface area contributed by atoms with E-state index in [1.165, 1.54) is 87.3 Å². The van der Waals surface area contributed by atoms with Gasteiger partial charge in [0.05, 0.1) is 0 Å². The second kappa shape index (κ2) is 19.5. The molecule has 10 rings (SSSR count). The summed E-state index contributed by atoms with van der Waals surface area (Å²) in [5.41, 5.74) is 10.9. The fourth-order valence-corrected chi connectivity index (χ4v) is 13.4. The molecule has 0 spiro atoms. The molecular weight excluding hydrogens is 783 g/mol. The SMILES string of the molecule is Cc1ccc2ccccc2c1-c1c(CP(c2ccccc2)c2ccccc2)ccc2ccccc12.Cc1ccccc1-c1ccccc1CP(c1ccccc1)c1ccccc1. The molecule has 0 unspecified atom stereocenters. The lowest BCUT2D eigenvalue weighted by molar-refractivity contribution is 1.37. The molecule has 0 nitrogen and oxygen atoms in total. The lowest BCUT2D eigenvalue weighted by atomic mass is 9.88. The number of benzene rings is 10. The van der Waals surface area contributed by atoms with E-state index >= 15 is 0 Å². The van der Waals surface area contributed by atoms with E-state index < -0.39 is 15.8 Å². The first kappa shape index (κ1) is 41.0. The molecule has 10 aromatic rings. The van der Waals surface area contributed by atoms with Gasteiger partial charge in [0.2, 0.25) is 0 Å². The molecule has 0 aliphatic rings. The van der Waals surface area contributed by atoms with E-state index in [-0.39, 0.29) is 0 Å². The standard InChI is InChI=1S/C34H27P.C26H23P/c1-25-20-21-26-12-8-10-18-31(26)33(25)34-28(23-22-27-13-9-11-19-32(27)34)24-35(29-14-4-2-5-15-29)30-16-6-3-7-17-30;1-21-12-8-10-18-25(21)26-19-11-9-13-22(26)20-27(23-14-4-2-5-15-23)24-16-6-3-7-17-24/h2-23H,24H2,1H3;2-19H,20H2,1H3. The van der Waals surface area contributed by atoms with Gasteiger partial charge in [0, 0.05) is 12.3 Å². The van der Waals surface area contributed by atoms with Crippen LogP contribution in [0.25, 0.3) is 43.8 Å². The molecule has 10 aromatic carbocycles. The highest BCUT2D eigenvalue weighted by Gasteiger charge is 2.21. The second-order valence-corrected chi connectivity index (χ2v) is 20.2. The molecule has 0 atom stereocenters. The van der Waals surface area contributed by atoms with Gasteiger partial charge in [0.25, 0.3) is 0 Å². The Morgan fingerprint density at radius 1 is 0.274 bits per heavy atom. The fourth-order valence-electron chi connectivity index (χ4n) is 8.69. The first-order valence-electron chi connectivity index (χ1n) is 21.5. The van der Waals surface area contributed by atoms with Gasteiger partial charge in [-0.05, 0) is 117 Å². The first-order chi connectivity index (χ1) is 30.6. The van der Waals surface area contributed by atoms with Gasteiger partial charge in [-0.3, -0.25) is 0 Å². The Morgan fingerprint density at radius 2 is 0.661 bits per heavy atom. The van der Waals surface area contributed by atoms with Crippen LogP contribution >= 0.6 is 15.8 Å². The van der Waals surface area contributed by atoms with E-state index in [1.54, 1.807) is 0 Å². The van der Waals surface area contributed by atoms with Crippen molar-refractivity contribution in [2.24, 2.45) is 0 Å². The topological polar surface area (TPSA) is 0 Å². The summed E-state index contributed by atoms with van der Waals surface area (Å²) in [6, 6.07) is 88.4. The molecule has 0 aliphatic heterocycles. The van der Waals surface area contributed by atoms with E-state index in [1.807, 2.05) is 0 Å². The minimum absolute atomic E-state index is 0.443. The average molecular weight is 833 g/mol. The van der Waals surface area contributed by atoms with Crippen LogP contribution in [0.5, 0.6) is 0 Å². The van der Waals surface area contributed by atoms with Gasteiger partial charge >= 0.3 is 0 Å². The van der Waals surface area contributed by atoms with E-state index in [4.69, 9.17) is 0 Å². The zero-order valence-corrected chi connectivity index (χ0v) is 37.2. The molecule has 0 heterocycles. The van der Waals surface area contributed by atoms with E-state index in [2.05, 4.69) is 257 Å². The molecule has 300 valence electrons. The van der Waals surface area contributed by atoms with Gasteiger partial charge in [-0.2, -0.15) is 0 Å². The number of hydrogen-bond acceptors (Lipinski definition) is 0. The predicted molar refractivity (Wildman–Crippen MR) is 274 cm³/mol. The van der Waals surface area contributed by atoms with Gasteiger partial charge in [-0.15, -0.1) is 0 Å². The molecule has 0 N–H and O–H groups in total. The van der Waals surface area contributed by atoms with Crippen molar-refractivity contribution in [2.45, 2.75) is 26.2 Å². The molecule has 0 radical (unpaired) electrons. The highest BCUT2D eigenvalue weighted by Crippen LogP contribution is 2.45. The van der Waals surface area contributed by atoms with Crippen molar-refractivity contribution in [1.29, 1.82) is 0 Å². The van der Waals surface area contributed by atoms with Crippen molar-refractivity contribution in [2.75, 3.05) is 0 Å². The summed E-state index contributed by atoms with van der Waals surface area (Å²) in [5, 5.41) is 10.9. The molecule has 0 aliphatic carbocycles. The van der Waals surface area contributed by atoms with Crippen molar-refractivity contribution >= 4 is 58.6 Å². The summed E-state index contributed by atoms with van der Waals surface area (Å²) in [6.45, 7) is 4.45. The Bertz CT molecular complexity index is 2950. The van der Waals surface area contributed by atoms with Gasteiger partial charge in [0.1, 0.15) is 0 Å². The van der Waals surface area contributed by atoms with Crippen LogP contribution in [0.1, 0.15) is 22.3 Å². The molecule has 0 saturated heterocycles. The third-order valence-electron chi connectivity index (χ3n) is 11.8. The second-order valence-electron chi connectivity index (χ2n) is 15.8. The smallest absolute Gasteiger partial charge is 0.00138 e. The normalized spacial score (nSPS) is 11.2. The number of fused-ring (bicyclic) bond motifs is 2. The Hall–Kier alpha value is -6.42. The summed E-state index contributed by atoms with van der Waals surface area (Å²) in [6.07, 6.45) is 2.06. The number of aryl methyl sites for hydroxylation is 2. The summed E-state index contributed by atoms with van der Waals surface area (Å²) < 4.78 is 0. The van der Waals surface area contributed by atoms with Crippen LogP contribution < -0.4 is 21.2 Å². The molecule has 0 bridgehead atoms. The fraction of sp³-hybridized carbons (Fsp3) is 0.0667. The van der Waals surface area contributed by atoms with Crippen LogP contribution in [-0.2, 0) is 12.3 Å². The third kappa shape index (κ3) is 9.10. The zero-order valence-electron chi connectivity index (χ0n) is 35.4. The monoisotopic (exact) mass is 832 g/mol. The Balaban J connectivity index is 0.000000164. The average Bonchev–Trinajstić information content (AvgIpc) is 3.34. The minimum atomic E-state index is -0.542. The molecule has 0 fully saturated rings. The van der Waals surface area contributed by atoms with Crippen molar-refractivity contribution in [3.8, 4) is 22.3 Å². The predicted octanol–water partition coefficient (Wildman–Crippen LogP) is 14.9. The molecule has 0 saturated carbocycles. The molecule has 0 aromatic heterocycles. The van der Waals surface area contributed by atoms with Crippen LogP contribution in [0, 0.1) is 13.8 Å². The molecule has 62 heavy (non-hydrogen) atoms. The maximum atomic E-state index is 2.38. The van der Waals surface area contributed by atoms with Crippen LogP contribution in [0.2, 0.25) is 0 Å². The van der Waals surface area contributed by atoms with Gasteiger partial charge in [-0.25, -0.2) is 0 Å². The van der Waals surface area contributed by atoms with Crippen molar-refractivity contribution in [3.05, 3.63) is 265 Å². The van der Waals surface area contributed by atoms with Gasteiger partial charge in [-0.1, -0.05) is 243 Å². The van der Waals surface area contributed by atoms with E-state index in [0.717, 1.165) is 12.3 Å². The van der Waals surface area contributed by atoms with Crippen molar-refractivity contribution < 1.29 is 0 Å². The molecule has 0 amide bonds. The quantitative estimate of drug-likeness (QED) is 0.120. The largest absolute Gasteiger partial charge is 0.0622 e. The van der Waals surface area contributed by atoms with Crippen molar-refractivity contribution in [1.82, 2.24) is 0 Å². The van der Waals surface area contributed by atoms with Crippen LogP contribution in [0.15, 0.2) is 243 Å². The minimum Gasteiger partial charge on any atom is -0.0622 e. The first-order valence-corrected chi connectivity index (χ1v) is 24.6. The summed E-state index contributed by atoms with van der Waals surface area (Å²) in [4.78, 5) is 0. The highest BCUT2D eigenvalue weighted by atomic mass is 31.1. The van der Waals surface area contributed by atoms with E-state index in [0.29, 0.717) is 0 Å².